The molecule has 2 aromatic rings. The van der Waals surface area contributed by atoms with Gasteiger partial charge in [-0.3, -0.25) is 4.79 Å². The molecule has 0 aromatic heterocycles. The molecule has 1 saturated heterocycles. The fraction of sp³-hybridized carbons (Fsp3) is 0.316. The molecule has 1 aliphatic heterocycles. The summed E-state index contributed by atoms with van der Waals surface area (Å²) >= 11 is 0. The Morgan fingerprint density at radius 3 is 2.52 bits per heavy atom. The topological polar surface area (TPSA) is 75.7 Å². The molecule has 29 heavy (non-hydrogen) atoms. The van der Waals surface area contributed by atoms with Gasteiger partial charge in [-0.15, -0.1) is 0 Å². The molecular weight excluding hydrogens is 409 g/mol. The van der Waals surface area contributed by atoms with Crippen LogP contribution in [0.25, 0.3) is 0 Å². The summed E-state index contributed by atoms with van der Waals surface area (Å²) in [6.45, 7) is -2.88. The number of anilines is 1. The van der Waals surface area contributed by atoms with E-state index in [-0.39, 0.29) is 29.4 Å². The molecule has 6 nitrogen and oxygen atoms in total. The number of carbonyl (C=O) groups is 1. The van der Waals surface area contributed by atoms with Crippen LogP contribution in [0.2, 0.25) is 0 Å². The number of ether oxygens (including phenoxy) is 1. The summed E-state index contributed by atoms with van der Waals surface area (Å²) in [5.74, 6) is -1.89. The second-order valence-electron chi connectivity index (χ2n) is 6.52. The first-order valence-corrected chi connectivity index (χ1v) is 10.3. The first kappa shape index (κ1) is 21.1. The highest BCUT2D eigenvalue weighted by Gasteiger charge is 2.33. The molecule has 0 spiro atoms. The molecule has 3 rings (SSSR count). The molecule has 0 aliphatic carbocycles. The predicted molar refractivity (Wildman–Crippen MR) is 99.6 cm³/mol. The number of hydrogen-bond donors (Lipinski definition) is 1. The van der Waals surface area contributed by atoms with Crippen molar-refractivity contribution in [1.29, 1.82) is 0 Å². The predicted octanol–water partition coefficient (Wildman–Crippen LogP) is 3.47. The Bertz CT molecular complexity index is 968. The second kappa shape index (κ2) is 8.83. The fourth-order valence-electron chi connectivity index (χ4n) is 3.13. The fourth-order valence-corrected chi connectivity index (χ4v) is 4.66. The maximum absolute atomic E-state index is 13.1. The molecule has 1 N–H and O–H groups in total. The quantitative estimate of drug-likeness (QED) is 0.765. The van der Waals surface area contributed by atoms with Crippen molar-refractivity contribution in [3.63, 3.8) is 0 Å². The van der Waals surface area contributed by atoms with Crippen LogP contribution in [0.5, 0.6) is 5.75 Å². The molecule has 1 fully saturated rings. The zero-order valence-corrected chi connectivity index (χ0v) is 16.0. The summed E-state index contributed by atoms with van der Waals surface area (Å²) < 4.78 is 69.2. The number of nitrogens with one attached hydrogen (secondary N) is 1. The van der Waals surface area contributed by atoms with Gasteiger partial charge in [-0.25, -0.2) is 12.8 Å². The summed E-state index contributed by atoms with van der Waals surface area (Å²) in [5.41, 5.74) is 0.0799. The van der Waals surface area contributed by atoms with Crippen LogP contribution in [-0.4, -0.2) is 38.3 Å². The number of nitrogens with zero attached hydrogens (tertiary/aromatic N) is 1. The number of hydrogen-bond acceptors (Lipinski definition) is 4. The van der Waals surface area contributed by atoms with Crippen LogP contribution in [0.15, 0.2) is 53.4 Å². The van der Waals surface area contributed by atoms with Crippen LogP contribution in [0, 0.1) is 11.7 Å². The molecule has 0 bridgehead atoms. The largest absolute Gasteiger partial charge is 0.433 e. The smallest absolute Gasteiger partial charge is 0.387 e. The number of sulfonamides is 1. The Balaban J connectivity index is 1.72. The SMILES string of the molecule is O=C(Nc1ccccc1OC(F)F)[C@@H]1CCCN(S(=O)(=O)c2ccc(F)cc2)C1. The molecule has 1 heterocycles. The Labute approximate surface area is 166 Å². The number of piperidine rings is 1. The number of benzene rings is 2. The highest BCUT2D eigenvalue weighted by Crippen LogP contribution is 2.28. The molecule has 1 atom stereocenters. The van der Waals surface area contributed by atoms with Gasteiger partial charge in [0.25, 0.3) is 0 Å². The van der Waals surface area contributed by atoms with Gasteiger partial charge in [-0.2, -0.15) is 13.1 Å². The van der Waals surface area contributed by atoms with Gasteiger partial charge in [-0.1, -0.05) is 12.1 Å². The van der Waals surface area contributed by atoms with Crippen molar-refractivity contribution in [2.75, 3.05) is 18.4 Å². The van der Waals surface area contributed by atoms with Crippen LogP contribution in [0.1, 0.15) is 12.8 Å². The van der Waals surface area contributed by atoms with Crippen LogP contribution in [0.3, 0.4) is 0 Å². The van der Waals surface area contributed by atoms with Gasteiger partial charge < -0.3 is 10.1 Å². The Morgan fingerprint density at radius 1 is 1.14 bits per heavy atom. The van der Waals surface area contributed by atoms with E-state index in [9.17, 15) is 26.4 Å². The van der Waals surface area contributed by atoms with Gasteiger partial charge in [0.15, 0.2) is 0 Å². The van der Waals surface area contributed by atoms with Crippen LogP contribution in [-0.2, 0) is 14.8 Å². The van der Waals surface area contributed by atoms with E-state index in [1.807, 2.05) is 0 Å². The van der Waals surface area contributed by atoms with Crippen molar-refractivity contribution in [2.24, 2.45) is 5.92 Å². The highest BCUT2D eigenvalue weighted by atomic mass is 32.2. The van der Waals surface area contributed by atoms with E-state index < -0.39 is 34.3 Å². The van der Waals surface area contributed by atoms with E-state index in [1.165, 1.54) is 34.6 Å². The molecule has 0 radical (unpaired) electrons. The first-order valence-electron chi connectivity index (χ1n) is 8.88. The lowest BCUT2D eigenvalue weighted by molar-refractivity contribution is -0.121. The second-order valence-corrected chi connectivity index (χ2v) is 8.46. The standard InChI is InChI=1S/C19H19F3N2O4S/c20-14-7-9-15(10-8-14)29(26,27)24-11-3-4-13(12-24)18(25)23-16-5-1-2-6-17(16)28-19(21)22/h1-2,5-10,13,19H,3-4,11-12H2,(H,23,25)/t13-/m1/s1. The van der Waals surface area contributed by atoms with E-state index in [0.29, 0.717) is 12.8 Å². The lowest BCUT2D eigenvalue weighted by atomic mass is 9.98. The Hall–Kier alpha value is -2.59. The molecular formula is C19H19F3N2O4S. The minimum absolute atomic E-state index is 0.0596. The van der Waals surface area contributed by atoms with Crippen molar-refractivity contribution in [1.82, 2.24) is 4.31 Å². The maximum atomic E-state index is 13.1. The third-order valence-corrected chi connectivity index (χ3v) is 6.45. The van der Waals surface area contributed by atoms with Gasteiger partial charge in [0, 0.05) is 13.1 Å². The average molecular weight is 428 g/mol. The van der Waals surface area contributed by atoms with Gasteiger partial charge >= 0.3 is 6.61 Å². The summed E-state index contributed by atoms with van der Waals surface area (Å²) in [4.78, 5) is 12.6. The minimum Gasteiger partial charge on any atom is -0.433 e. The van der Waals surface area contributed by atoms with Crippen molar-refractivity contribution in [3.05, 3.63) is 54.3 Å². The maximum Gasteiger partial charge on any atom is 0.387 e. The number of para-hydroxylation sites is 2. The Morgan fingerprint density at radius 2 is 1.83 bits per heavy atom. The normalized spacial score (nSPS) is 17.9. The van der Waals surface area contributed by atoms with E-state index in [0.717, 1.165) is 12.1 Å². The molecule has 0 unspecified atom stereocenters. The zero-order valence-electron chi connectivity index (χ0n) is 15.2. The molecule has 1 amide bonds. The van der Waals surface area contributed by atoms with E-state index in [1.54, 1.807) is 6.07 Å². The van der Waals surface area contributed by atoms with E-state index >= 15 is 0 Å². The minimum atomic E-state index is -3.88. The first-order chi connectivity index (χ1) is 13.8. The molecule has 2 aromatic carbocycles. The van der Waals surface area contributed by atoms with Crippen molar-refractivity contribution >= 4 is 21.6 Å². The van der Waals surface area contributed by atoms with Crippen molar-refractivity contribution < 1.29 is 31.1 Å². The van der Waals surface area contributed by atoms with E-state index in [2.05, 4.69) is 10.1 Å². The van der Waals surface area contributed by atoms with Crippen LogP contribution < -0.4 is 10.1 Å². The summed E-state index contributed by atoms with van der Waals surface area (Å²) in [5, 5.41) is 2.54. The van der Waals surface area contributed by atoms with Crippen LogP contribution >= 0.6 is 0 Å². The third-order valence-electron chi connectivity index (χ3n) is 4.57. The zero-order chi connectivity index (χ0) is 21.0. The number of rotatable bonds is 6. The van der Waals surface area contributed by atoms with Crippen molar-refractivity contribution in [2.45, 2.75) is 24.3 Å². The van der Waals surface area contributed by atoms with Gasteiger partial charge in [-0.05, 0) is 49.2 Å². The molecule has 156 valence electrons. The molecule has 1 aliphatic rings. The van der Waals surface area contributed by atoms with E-state index in [4.69, 9.17) is 0 Å². The van der Waals surface area contributed by atoms with Gasteiger partial charge in [0.2, 0.25) is 15.9 Å². The van der Waals surface area contributed by atoms with Gasteiger partial charge in [0.1, 0.15) is 11.6 Å². The lowest BCUT2D eigenvalue weighted by Crippen LogP contribution is -2.43. The lowest BCUT2D eigenvalue weighted by Gasteiger charge is -2.31. The summed E-state index contributed by atoms with van der Waals surface area (Å²) in [6, 6.07) is 10.2. The number of amides is 1. The summed E-state index contributed by atoms with van der Waals surface area (Å²) in [7, 11) is -3.88. The number of alkyl halides is 2. The van der Waals surface area contributed by atoms with Gasteiger partial charge in [0.05, 0.1) is 16.5 Å². The van der Waals surface area contributed by atoms with Crippen molar-refractivity contribution in [3.8, 4) is 5.75 Å². The Kier molecular flexibility index (Phi) is 6.43. The number of carbonyl (C=O) groups excluding carboxylic acids is 1. The monoisotopic (exact) mass is 428 g/mol. The number of halogens is 3. The molecule has 0 saturated carbocycles. The summed E-state index contributed by atoms with van der Waals surface area (Å²) in [6.07, 6.45) is 0.896. The average Bonchev–Trinajstić information content (AvgIpc) is 2.69. The highest BCUT2D eigenvalue weighted by molar-refractivity contribution is 7.89. The molecule has 10 heteroatoms. The van der Waals surface area contributed by atoms with Crippen LogP contribution in [0.4, 0.5) is 18.9 Å². The third kappa shape index (κ3) is 5.07.